The number of nitrogens with zero attached hydrogens (tertiary/aromatic N) is 1. The van der Waals surface area contributed by atoms with Crippen molar-refractivity contribution in [1.82, 2.24) is 4.98 Å². The van der Waals surface area contributed by atoms with Crippen molar-refractivity contribution in [3.05, 3.63) is 45.9 Å². The van der Waals surface area contributed by atoms with Crippen molar-refractivity contribution < 1.29 is 9.59 Å². The summed E-state index contributed by atoms with van der Waals surface area (Å²) in [5.41, 5.74) is 2.14. The number of halogens is 2. The summed E-state index contributed by atoms with van der Waals surface area (Å²) in [5.74, 6) is -0.0470. The van der Waals surface area contributed by atoms with Crippen LogP contribution < -0.4 is 10.6 Å². The second kappa shape index (κ2) is 8.39. The summed E-state index contributed by atoms with van der Waals surface area (Å²) in [5, 5.41) is 6.01. The van der Waals surface area contributed by atoms with E-state index >= 15 is 0 Å². The number of aromatic nitrogens is 1. The molecule has 2 aromatic carbocycles. The number of rotatable bonds is 5. The third-order valence-electron chi connectivity index (χ3n) is 3.22. The number of carbonyl (C=O) groups is 2. The zero-order valence-electron chi connectivity index (χ0n) is 13.5. The Morgan fingerprint density at radius 3 is 2.77 bits per heavy atom. The third-order valence-corrected chi connectivity index (χ3v) is 6.19. The van der Waals surface area contributed by atoms with Crippen LogP contribution in [0.2, 0.25) is 5.02 Å². The van der Waals surface area contributed by atoms with Gasteiger partial charge in [-0.3, -0.25) is 9.59 Å². The van der Waals surface area contributed by atoms with Crippen LogP contribution in [-0.2, 0) is 9.59 Å². The SMILES string of the molecule is CC(=O)Nc1ccc2nc(SCC(=O)Nc3ccc(Br)cc3Cl)sc2c1. The number of hydrogen-bond donors (Lipinski definition) is 2. The number of thiazole rings is 1. The minimum Gasteiger partial charge on any atom is -0.326 e. The fourth-order valence-corrected chi connectivity index (χ4v) is 4.78. The molecule has 1 aromatic heterocycles. The molecule has 0 unspecified atom stereocenters. The Hall–Kier alpha value is -1.61. The van der Waals surface area contributed by atoms with Crippen LogP contribution in [0.15, 0.2) is 45.2 Å². The monoisotopic (exact) mass is 469 g/mol. The van der Waals surface area contributed by atoms with Crippen LogP contribution in [0.3, 0.4) is 0 Å². The average molecular weight is 471 g/mol. The van der Waals surface area contributed by atoms with Crippen molar-refractivity contribution >= 4 is 84.0 Å². The van der Waals surface area contributed by atoms with Crippen LogP contribution in [0.5, 0.6) is 0 Å². The van der Waals surface area contributed by atoms with Gasteiger partial charge in [0.05, 0.1) is 26.7 Å². The van der Waals surface area contributed by atoms with E-state index in [-0.39, 0.29) is 17.6 Å². The number of nitrogens with one attached hydrogen (secondary N) is 2. The predicted octanol–water partition coefficient (Wildman–Crippen LogP) is 5.40. The minimum absolute atomic E-state index is 0.119. The van der Waals surface area contributed by atoms with Crippen molar-refractivity contribution in [1.29, 1.82) is 0 Å². The molecule has 0 aliphatic rings. The molecule has 0 saturated heterocycles. The summed E-state index contributed by atoms with van der Waals surface area (Å²) < 4.78 is 2.59. The Labute approximate surface area is 171 Å². The lowest BCUT2D eigenvalue weighted by Crippen LogP contribution is -2.14. The standard InChI is InChI=1S/C17H13BrClN3O2S2/c1-9(23)20-11-3-5-14-15(7-11)26-17(22-14)25-8-16(24)21-13-4-2-10(18)6-12(13)19/h2-7H,8H2,1H3,(H,20,23)(H,21,24). The molecular formula is C17H13BrClN3O2S2. The Morgan fingerprint density at radius 1 is 1.23 bits per heavy atom. The molecule has 0 fully saturated rings. The predicted molar refractivity (Wildman–Crippen MR) is 112 cm³/mol. The Balaban J connectivity index is 1.63. The topological polar surface area (TPSA) is 71.1 Å². The minimum atomic E-state index is -0.155. The van der Waals surface area contributed by atoms with Crippen LogP contribution in [0.1, 0.15) is 6.92 Å². The maximum Gasteiger partial charge on any atom is 0.234 e. The molecule has 0 bridgehead atoms. The molecule has 5 nitrogen and oxygen atoms in total. The average Bonchev–Trinajstić information content (AvgIpc) is 2.97. The molecule has 0 atom stereocenters. The van der Waals surface area contributed by atoms with E-state index in [1.807, 2.05) is 18.2 Å². The Kier molecular flexibility index (Phi) is 6.18. The van der Waals surface area contributed by atoms with Gasteiger partial charge in [-0.15, -0.1) is 11.3 Å². The first-order valence-corrected chi connectivity index (χ1v) is 10.4. The lowest BCUT2D eigenvalue weighted by Gasteiger charge is -2.06. The number of amides is 2. The molecule has 3 rings (SSSR count). The first kappa shape index (κ1) is 19.2. The van der Waals surface area contributed by atoms with Gasteiger partial charge in [0.25, 0.3) is 0 Å². The second-order valence-electron chi connectivity index (χ2n) is 5.30. The van der Waals surface area contributed by atoms with Crippen molar-refractivity contribution in [3.63, 3.8) is 0 Å². The summed E-state index contributed by atoms with van der Waals surface area (Å²) in [6, 6.07) is 10.8. The quantitative estimate of drug-likeness (QED) is 0.490. The highest BCUT2D eigenvalue weighted by Gasteiger charge is 2.10. The van der Waals surface area contributed by atoms with Gasteiger partial charge in [0.1, 0.15) is 0 Å². The van der Waals surface area contributed by atoms with E-state index in [4.69, 9.17) is 11.6 Å². The molecule has 0 aliphatic carbocycles. The van der Waals surface area contributed by atoms with E-state index in [9.17, 15) is 9.59 Å². The number of anilines is 2. The zero-order valence-corrected chi connectivity index (χ0v) is 17.5. The van der Waals surface area contributed by atoms with Gasteiger partial charge in [-0.1, -0.05) is 39.3 Å². The number of carbonyl (C=O) groups excluding carboxylic acids is 2. The molecule has 26 heavy (non-hydrogen) atoms. The van der Waals surface area contributed by atoms with Gasteiger partial charge in [0.15, 0.2) is 4.34 Å². The van der Waals surface area contributed by atoms with Crippen molar-refractivity contribution in [3.8, 4) is 0 Å². The largest absolute Gasteiger partial charge is 0.326 e. The molecule has 1 heterocycles. The van der Waals surface area contributed by atoms with E-state index in [1.54, 1.807) is 18.2 Å². The first-order chi connectivity index (χ1) is 12.4. The third kappa shape index (κ3) is 4.97. The number of benzene rings is 2. The number of thioether (sulfide) groups is 1. The highest BCUT2D eigenvalue weighted by molar-refractivity contribution is 9.10. The maximum atomic E-state index is 12.1. The van der Waals surface area contributed by atoms with Crippen LogP contribution in [0.25, 0.3) is 10.2 Å². The van der Waals surface area contributed by atoms with Gasteiger partial charge in [-0.25, -0.2) is 4.98 Å². The van der Waals surface area contributed by atoms with Crippen molar-refractivity contribution in [2.24, 2.45) is 0 Å². The molecule has 0 aliphatic heterocycles. The highest BCUT2D eigenvalue weighted by Crippen LogP contribution is 2.32. The van der Waals surface area contributed by atoms with Gasteiger partial charge in [0, 0.05) is 17.1 Å². The van der Waals surface area contributed by atoms with E-state index < -0.39 is 0 Å². The number of hydrogen-bond acceptors (Lipinski definition) is 5. The molecule has 2 amide bonds. The van der Waals surface area contributed by atoms with Gasteiger partial charge in [-0.2, -0.15) is 0 Å². The molecule has 134 valence electrons. The van der Waals surface area contributed by atoms with Crippen molar-refractivity contribution in [2.45, 2.75) is 11.3 Å². The fourth-order valence-electron chi connectivity index (χ4n) is 2.15. The highest BCUT2D eigenvalue weighted by atomic mass is 79.9. The Bertz CT molecular complexity index is 993. The summed E-state index contributed by atoms with van der Waals surface area (Å²) in [7, 11) is 0. The van der Waals surface area contributed by atoms with Crippen LogP contribution in [0.4, 0.5) is 11.4 Å². The summed E-state index contributed by atoms with van der Waals surface area (Å²) >= 11 is 12.3. The lowest BCUT2D eigenvalue weighted by molar-refractivity contribution is -0.114. The van der Waals surface area contributed by atoms with Crippen LogP contribution in [0, 0.1) is 0 Å². The smallest absolute Gasteiger partial charge is 0.234 e. The molecule has 0 saturated carbocycles. The summed E-state index contributed by atoms with van der Waals surface area (Å²) in [6.07, 6.45) is 0. The van der Waals surface area contributed by atoms with Gasteiger partial charge in [-0.05, 0) is 36.4 Å². The second-order valence-corrected chi connectivity index (χ2v) is 8.88. The van der Waals surface area contributed by atoms with Gasteiger partial charge >= 0.3 is 0 Å². The van der Waals surface area contributed by atoms with E-state index in [2.05, 4.69) is 31.5 Å². The van der Waals surface area contributed by atoms with Crippen LogP contribution in [-0.4, -0.2) is 22.6 Å². The first-order valence-electron chi connectivity index (χ1n) is 7.46. The molecule has 9 heteroatoms. The zero-order chi connectivity index (χ0) is 18.7. The normalized spacial score (nSPS) is 10.7. The molecule has 2 N–H and O–H groups in total. The van der Waals surface area contributed by atoms with Crippen LogP contribution >= 0.6 is 50.6 Å². The van der Waals surface area contributed by atoms with Gasteiger partial charge in [0.2, 0.25) is 11.8 Å². The Morgan fingerprint density at radius 2 is 2.04 bits per heavy atom. The van der Waals surface area contributed by atoms with Gasteiger partial charge < -0.3 is 10.6 Å². The lowest BCUT2D eigenvalue weighted by atomic mass is 10.3. The summed E-state index contributed by atoms with van der Waals surface area (Å²) in [4.78, 5) is 27.8. The summed E-state index contributed by atoms with van der Waals surface area (Å²) in [6.45, 7) is 1.47. The fraction of sp³-hybridized carbons (Fsp3) is 0.118. The maximum absolute atomic E-state index is 12.1. The molecule has 3 aromatic rings. The van der Waals surface area contributed by atoms with E-state index in [0.29, 0.717) is 10.7 Å². The molecule has 0 spiro atoms. The number of fused-ring (bicyclic) bond motifs is 1. The van der Waals surface area contributed by atoms with E-state index in [0.717, 1.165) is 24.7 Å². The molecular weight excluding hydrogens is 458 g/mol. The molecule has 0 radical (unpaired) electrons. The van der Waals surface area contributed by atoms with E-state index in [1.165, 1.54) is 30.0 Å². The van der Waals surface area contributed by atoms with Crippen molar-refractivity contribution in [2.75, 3.05) is 16.4 Å².